The van der Waals surface area contributed by atoms with E-state index >= 15 is 0 Å². The Morgan fingerprint density at radius 2 is 1.66 bits per heavy atom. The molecule has 2 heterocycles. The number of hydrogen-bond donors (Lipinski definition) is 2. The molecule has 1 aliphatic carbocycles. The molecule has 2 N–H and O–H groups in total. The summed E-state index contributed by atoms with van der Waals surface area (Å²) in [5.74, 6) is -1.92. The van der Waals surface area contributed by atoms with E-state index in [4.69, 9.17) is 4.74 Å². The Morgan fingerprint density at radius 1 is 0.943 bits per heavy atom. The van der Waals surface area contributed by atoms with Gasteiger partial charge in [-0.2, -0.15) is 0 Å². The van der Waals surface area contributed by atoms with Gasteiger partial charge < -0.3 is 10.1 Å². The van der Waals surface area contributed by atoms with Crippen molar-refractivity contribution >= 4 is 46.7 Å². The third-order valence-electron chi connectivity index (χ3n) is 6.66. The van der Waals surface area contributed by atoms with Gasteiger partial charge in [0, 0.05) is 12.8 Å². The molecular formula is C25H24N4O6. The fourth-order valence-corrected chi connectivity index (χ4v) is 4.93. The molecule has 1 saturated carbocycles. The lowest BCUT2D eigenvalue weighted by Gasteiger charge is -2.44. The smallest absolute Gasteiger partial charge is 0.338 e. The van der Waals surface area contributed by atoms with Gasteiger partial charge in [0.2, 0.25) is 11.8 Å². The minimum absolute atomic E-state index is 0.108. The molecule has 3 aliphatic rings. The van der Waals surface area contributed by atoms with Crippen LogP contribution in [0, 0.1) is 0 Å². The topological polar surface area (TPSA) is 125 Å². The van der Waals surface area contributed by atoms with E-state index in [1.165, 1.54) is 29.2 Å². The Kier molecular flexibility index (Phi) is 5.72. The first-order valence-electron chi connectivity index (χ1n) is 11.5. The van der Waals surface area contributed by atoms with Crippen molar-refractivity contribution in [3.8, 4) is 0 Å². The Hall–Kier alpha value is -4.21. The fraction of sp³-hybridized carbons (Fsp3) is 0.320. The number of fused-ring (bicyclic) bond motifs is 1. The third kappa shape index (κ3) is 4.01. The van der Waals surface area contributed by atoms with Crippen LogP contribution in [0.3, 0.4) is 0 Å². The number of anilines is 3. The summed E-state index contributed by atoms with van der Waals surface area (Å²) in [6.45, 7) is -0.523. The molecule has 2 aliphatic heterocycles. The molecule has 10 heteroatoms. The monoisotopic (exact) mass is 476 g/mol. The van der Waals surface area contributed by atoms with Crippen LogP contribution in [-0.2, 0) is 23.9 Å². The Balaban J connectivity index is 1.30. The van der Waals surface area contributed by atoms with Gasteiger partial charge in [-0.3, -0.25) is 29.5 Å². The van der Waals surface area contributed by atoms with Gasteiger partial charge in [0.1, 0.15) is 5.54 Å². The molecule has 180 valence electrons. The number of carbonyl (C=O) groups is 5. The second kappa shape index (κ2) is 8.86. The number of esters is 1. The van der Waals surface area contributed by atoms with Crippen LogP contribution in [-0.4, -0.2) is 41.7 Å². The molecule has 35 heavy (non-hydrogen) atoms. The molecule has 10 nitrogen and oxygen atoms in total. The molecule has 0 atom stereocenters. The van der Waals surface area contributed by atoms with Crippen LogP contribution in [0.25, 0.3) is 0 Å². The summed E-state index contributed by atoms with van der Waals surface area (Å²) >= 11 is 0. The van der Waals surface area contributed by atoms with E-state index < -0.39 is 24.0 Å². The average Bonchev–Trinajstić information content (AvgIpc) is 3.35. The SMILES string of the molecule is O=C1CCC(=O)N(c2ccc(C(=O)OCC(=O)N3c4ccccc4NC(=O)C34CCCC4)cc2)N1. The first-order chi connectivity index (χ1) is 16.9. The first kappa shape index (κ1) is 22.6. The largest absolute Gasteiger partial charge is 0.452 e. The number of rotatable bonds is 4. The van der Waals surface area contributed by atoms with Gasteiger partial charge in [-0.1, -0.05) is 25.0 Å². The maximum Gasteiger partial charge on any atom is 0.338 e. The molecule has 0 bridgehead atoms. The van der Waals surface area contributed by atoms with Gasteiger partial charge >= 0.3 is 5.97 Å². The zero-order valence-corrected chi connectivity index (χ0v) is 18.9. The minimum atomic E-state index is -0.981. The molecular weight excluding hydrogens is 452 g/mol. The van der Waals surface area contributed by atoms with E-state index in [0.717, 1.165) is 17.9 Å². The highest BCUT2D eigenvalue weighted by molar-refractivity contribution is 6.15. The molecule has 4 amide bonds. The van der Waals surface area contributed by atoms with Gasteiger partial charge in [-0.25, -0.2) is 9.80 Å². The summed E-state index contributed by atoms with van der Waals surface area (Å²) in [5.41, 5.74) is 3.24. The van der Waals surface area contributed by atoms with Crippen LogP contribution < -0.4 is 20.7 Å². The molecule has 2 aromatic carbocycles. The quantitative estimate of drug-likeness (QED) is 0.653. The average molecular weight is 476 g/mol. The molecule has 2 aromatic rings. The lowest BCUT2D eigenvalue weighted by atomic mass is 9.90. The normalized spacial score (nSPS) is 18.7. The van der Waals surface area contributed by atoms with Crippen molar-refractivity contribution in [1.29, 1.82) is 0 Å². The lowest BCUT2D eigenvalue weighted by Crippen LogP contribution is -2.61. The van der Waals surface area contributed by atoms with Crippen LogP contribution in [0.15, 0.2) is 48.5 Å². The van der Waals surface area contributed by atoms with Crippen LogP contribution in [0.5, 0.6) is 0 Å². The number of hydrogen-bond acceptors (Lipinski definition) is 6. The summed E-state index contributed by atoms with van der Waals surface area (Å²) in [4.78, 5) is 64.1. The predicted octanol–water partition coefficient (Wildman–Crippen LogP) is 2.30. The van der Waals surface area contributed by atoms with E-state index in [1.807, 2.05) is 0 Å². The second-order valence-electron chi connectivity index (χ2n) is 8.83. The highest BCUT2D eigenvalue weighted by Crippen LogP contribution is 2.45. The van der Waals surface area contributed by atoms with Crippen molar-refractivity contribution in [2.45, 2.75) is 44.1 Å². The molecule has 0 radical (unpaired) electrons. The number of hydrazine groups is 1. The molecule has 1 saturated heterocycles. The van der Waals surface area contributed by atoms with E-state index in [-0.39, 0.29) is 36.1 Å². The van der Waals surface area contributed by atoms with E-state index in [0.29, 0.717) is 29.9 Å². The highest BCUT2D eigenvalue weighted by atomic mass is 16.5. The number of nitrogens with zero attached hydrogens (tertiary/aromatic N) is 2. The molecule has 0 unspecified atom stereocenters. The van der Waals surface area contributed by atoms with Crippen molar-refractivity contribution in [3.05, 3.63) is 54.1 Å². The number of carbonyl (C=O) groups excluding carboxylic acids is 5. The van der Waals surface area contributed by atoms with Gasteiger partial charge in [-0.15, -0.1) is 0 Å². The van der Waals surface area contributed by atoms with Crippen molar-refractivity contribution in [2.24, 2.45) is 0 Å². The third-order valence-corrected chi connectivity index (χ3v) is 6.66. The first-order valence-corrected chi connectivity index (χ1v) is 11.5. The van der Waals surface area contributed by atoms with Crippen molar-refractivity contribution in [1.82, 2.24) is 5.43 Å². The van der Waals surface area contributed by atoms with Crippen LogP contribution in [0.2, 0.25) is 0 Å². The van der Waals surface area contributed by atoms with Gasteiger partial charge in [-0.05, 0) is 49.2 Å². The molecule has 0 aromatic heterocycles. The van der Waals surface area contributed by atoms with Crippen molar-refractivity contribution in [3.63, 3.8) is 0 Å². The molecule has 5 rings (SSSR count). The maximum absolute atomic E-state index is 13.3. The lowest BCUT2D eigenvalue weighted by molar-refractivity contribution is -0.130. The number of amides is 4. The predicted molar refractivity (Wildman–Crippen MR) is 125 cm³/mol. The summed E-state index contributed by atoms with van der Waals surface area (Å²) in [5, 5.41) is 4.05. The van der Waals surface area contributed by atoms with Crippen LogP contribution >= 0.6 is 0 Å². The Labute approximate surface area is 201 Å². The zero-order valence-electron chi connectivity index (χ0n) is 18.9. The van der Waals surface area contributed by atoms with Gasteiger partial charge in [0.05, 0.1) is 22.6 Å². The van der Waals surface area contributed by atoms with Gasteiger partial charge in [0.15, 0.2) is 6.61 Å². The fourth-order valence-electron chi connectivity index (χ4n) is 4.93. The highest BCUT2D eigenvalue weighted by Gasteiger charge is 2.52. The molecule has 2 fully saturated rings. The summed E-state index contributed by atoms with van der Waals surface area (Å²) in [7, 11) is 0. The number of benzene rings is 2. The van der Waals surface area contributed by atoms with Crippen LogP contribution in [0.4, 0.5) is 17.1 Å². The number of para-hydroxylation sites is 2. The summed E-state index contributed by atoms with van der Waals surface area (Å²) < 4.78 is 5.31. The maximum atomic E-state index is 13.3. The van der Waals surface area contributed by atoms with Gasteiger partial charge in [0.25, 0.3) is 11.8 Å². The minimum Gasteiger partial charge on any atom is -0.452 e. The van der Waals surface area contributed by atoms with E-state index in [2.05, 4.69) is 10.7 Å². The number of ether oxygens (including phenoxy) is 1. The number of nitrogens with one attached hydrogen (secondary N) is 2. The van der Waals surface area contributed by atoms with Crippen LogP contribution in [0.1, 0.15) is 48.9 Å². The summed E-state index contributed by atoms with van der Waals surface area (Å²) in [6.07, 6.45) is 2.98. The molecule has 1 spiro atoms. The standard InChI is InChI=1S/C25H24N4O6/c30-20-11-12-21(31)29(27-20)17-9-7-16(8-10-17)23(33)35-15-22(32)28-19-6-2-1-5-18(19)26-24(34)25(28)13-3-4-14-25/h1-2,5-10H,3-4,11-15H2,(H,26,34)(H,27,30). The zero-order chi connectivity index (χ0) is 24.6. The second-order valence-corrected chi connectivity index (χ2v) is 8.83. The summed E-state index contributed by atoms with van der Waals surface area (Å²) in [6, 6.07) is 13.0. The van der Waals surface area contributed by atoms with E-state index in [9.17, 15) is 24.0 Å². The Bertz CT molecular complexity index is 1220. The van der Waals surface area contributed by atoms with Crippen molar-refractivity contribution < 1.29 is 28.7 Å². The van der Waals surface area contributed by atoms with Crippen molar-refractivity contribution in [2.75, 3.05) is 21.8 Å². The van der Waals surface area contributed by atoms with E-state index in [1.54, 1.807) is 24.3 Å². The Morgan fingerprint density at radius 3 is 2.40 bits per heavy atom.